The van der Waals surface area contributed by atoms with Crippen molar-refractivity contribution in [1.29, 1.82) is 0 Å². The van der Waals surface area contributed by atoms with Crippen molar-refractivity contribution in [3.8, 4) is 16.9 Å². The van der Waals surface area contributed by atoms with Crippen LogP contribution in [0.5, 0.6) is 5.75 Å². The third kappa shape index (κ3) is 4.26. The van der Waals surface area contributed by atoms with Crippen molar-refractivity contribution in [2.45, 2.75) is 18.6 Å². The quantitative estimate of drug-likeness (QED) is 0.410. The van der Waals surface area contributed by atoms with Gasteiger partial charge in [0.2, 0.25) is 0 Å². The van der Waals surface area contributed by atoms with Gasteiger partial charge in [-0.25, -0.2) is 19.6 Å². The first-order valence-electron chi connectivity index (χ1n) is 9.02. The zero-order valence-corrected chi connectivity index (χ0v) is 18.5. The molecule has 0 fully saturated rings. The first kappa shape index (κ1) is 21.6. The molecule has 2 aromatic heterocycles. The number of nitrogens with two attached hydrogens (primary N) is 1. The van der Waals surface area contributed by atoms with Crippen molar-refractivity contribution >= 4 is 59.9 Å². The Morgan fingerprint density at radius 3 is 2.71 bits per heavy atom. The second-order valence-corrected chi connectivity index (χ2v) is 8.11. The van der Waals surface area contributed by atoms with E-state index in [4.69, 9.17) is 37.8 Å². The molecule has 0 saturated carbocycles. The summed E-state index contributed by atoms with van der Waals surface area (Å²) in [5, 5.41) is 14.9. The summed E-state index contributed by atoms with van der Waals surface area (Å²) in [5.74, 6) is 0.913. The molecule has 3 N–H and O–H groups in total. The molecule has 152 valence electrons. The predicted molar refractivity (Wildman–Crippen MR) is 123 cm³/mol. The van der Waals surface area contributed by atoms with E-state index >= 15 is 0 Å². The maximum absolute atomic E-state index is 9.68. The van der Waals surface area contributed by atoms with Gasteiger partial charge in [0, 0.05) is 10.6 Å². The van der Waals surface area contributed by atoms with Crippen LogP contribution in [0.25, 0.3) is 22.0 Å². The van der Waals surface area contributed by atoms with Gasteiger partial charge in [-0.1, -0.05) is 23.7 Å². The van der Waals surface area contributed by atoms with E-state index in [1.807, 2.05) is 24.3 Å². The highest BCUT2D eigenvalue weighted by Crippen LogP contribution is 2.43. The summed E-state index contributed by atoms with van der Waals surface area (Å²) in [6.07, 6.45) is 1.96. The second kappa shape index (κ2) is 8.14. The molecule has 1 atom stereocenters. The van der Waals surface area contributed by atoms with E-state index in [1.54, 1.807) is 13.0 Å². The smallest absolute Gasteiger partial charge is 0.191 e. The van der Waals surface area contributed by atoms with Gasteiger partial charge in [-0.2, -0.15) is 5.10 Å². The van der Waals surface area contributed by atoms with Gasteiger partial charge < -0.3 is 15.6 Å². The van der Waals surface area contributed by atoms with E-state index < -0.39 is 11.6 Å². The number of nitrogen functional groups attached to an aromatic ring is 1. The zero-order chi connectivity index (χ0) is 22.3. The molecule has 4 radical (unpaired) electrons. The summed E-state index contributed by atoms with van der Waals surface area (Å²) in [7, 11) is 10.9. The Hall–Kier alpha value is -2.62. The molecule has 0 saturated heterocycles. The summed E-state index contributed by atoms with van der Waals surface area (Å²) < 4.78 is 7.68. The maximum Gasteiger partial charge on any atom is 0.191 e. The molecule has 4 rings (SSSR count). The Morgan fingerprint density at radius 2 is 2.03 bits per heavy atom. The number of nitrogens with zero attached hydrogens (tertiary/aromatic N) is 5. The number of anilines is 1. The predicted octanol–water partition coefficient (Wildman–Crippen LogP) is 2.92. The minimum atomic E-state index is -2.17. The van der Waals surface area contributed by atoms with Crippen LogP contribution >= 0.6 is 27.5 Å². The molecule has 12 heteroatoms. The summed E-state index contributed by atoms with van der Waals surface area (Å²) >= 11 is 9.73. The molecule has 0 bridgehead atoms. The Kier molecular flexibility index (Phi) is 5.67. The van der Waals surface area contributed by atoms with Crippen molar-refractivity contribution in [1.82, 2.24) is 24.7 Å². The lowest BCUT2D eigenvalue weighted by atomic mass is 9.73. The van der Waals surface area contributed by atoms with E-state index in [9.17, 15) is 5.11 Å². The Labute approximate surface area is 193 Å². The van der Waals surface area contributed by atoms with Crippen LogP contribution in [0.3, 0.4) is 0 Å². The van der Waals surface area contributed by atoms with E-state index in [2.05, 4.69) is 36.0 Å². The Morgan fingerprint density at radius 1 is 1.26 bits per heavy atom. The molecule has 1 unspecified atom stereocenters. The number of hydrogen-bond donors (Lipinski definition) is 2. The van der Waals surface area contributed by atoms with Crippen LogP contribution in [0.4, 0.5) is 5.82 Å². The average Bonchev–Trinajstić information content (AvgIpc) is 3.21. The molecule has 31 heavy (non-hydrogen) atoms. The van der Waals surface area contributed by atoms with Crippen molar-refractivity contribution in [3.05, 3.63) is 58.3 Å². The lowest BCUT2D eigenvalue weighted by Crippen LogP contribution is -2.34. The molecular formula is C19H14B2BrClN6O2. The summed E-state index contributed by atoms with van der Waals surface area (Å²) in [5.41, 5.74) is 6.29. The molecule has 2 aromatic carbocycles. The molecule has 8 nitrogen and oxygen atoms in total. The third-order valence-electron chi connectivity index (χ3n) is 4.52. The highest BCUT2D eigenvalue weighted by Gasteiger charge is 2.23. The summed E-state index contributed by atoms with van der Waals surface area (Å²) in [6.45, 7) is 1.73. The number of benzene rings is 2. The molecule has 0 aliphatic carbocycles. The van der Waals surface area contributed by atoms with Crippen LogP contribution in [-0.2, 0) is 5.52 Å². The number of aromatic nitrogens is 5. The van der Waals surface area contributed by atoms with Gasteiger partial charge in [0.15, 0.2) is 11.9 Å². The molecule has 2 heterocycles. The van der Waals surface area contributed by atoms with Crippen molar-refractivity contribution in [2.24, 2.45) is 0 Å². The third-order valence-corrected chi connectivity index (χ3v) is 5.34. The van der Waals surface area contributed by atoms with Crippen LogP contribution in [0.1, 0.15) is 18.9 Å². The topological polar surface area (TPSA) is 112 Å². The Balaban J connectivity index is 1.81. The fourth-order valence-corrected chi connectivity index (χ4v) is 3.77. The monoisotopic (exact) mass is 494 g/mol. The van der Waals surface area contributed by atoms with Crippen LogP contribution < -0.4 is 10.5 Å². The lowest BCUT2D eigenvalue weighted by Gasteiger charge is -2.19. The van der Waals surface area contributed by atoms with E-state index in [-0.39, 0.29) is 11.6 Å². The molecule has 4 aromatic rings. The molecule has 0 spiro atoms. The van der Waals surface area contributed by atoms with Gasteiger partial charge in [0.25, 0.3) is 0 Å². The van der Waals surface area contributed by atoms with Crippen LogP contribution in [0.15, 0.2) is 47.5 Å². The SMILES string of the molecule is [B]C([B])(O)n1cnc(C(C)Oc2c(Br)cc(-c3cccc(Cl)c3)c3ncnc(N)c23)n1. The van der Waals surface area contributed by atoms with E-state index in [0.29, 0.717) is 26.1 Å². The molecular weight excluding hydrogens is 481 g/mol. The largest absolute Gasteiger partial charge is 0.481 e. The van der Waals surface area contributed by atoms with Crippen molar-refractivity contribution in [2.75, 3.05) is 5.73 Å². The van der Waals surface area contributed by atoms with Crippen molar-refractivity contribution < 1.29 is 9.84 Å². The summed E-state index contributed by atoms with van der Waals surface area (Å²) in [6, 6.07) is 9.27. The molecule has 0 aliphatic heterocycles. The molecule has 0 aliphatic rings. The normalized spacial score (nSPS) is 12.8. The highest BCUT2D eigenvalue weighted by molar-refractivity contribution is 9.10. The first-order valence-corrected chi connectivity index (χ1v) is 10.2. The fourth-order valence-electron chi connectivity index (χ4n) is 3.06. The van der Waals surface area contributed by atoms with E-state index in [0.717, 1.165) is 15.8 Å². The van der Waals surface area contributed by atoms with E-state index in [1.165, 1.54) is 12.7 Å². The number of ether oxygens (including phenoxy) is 1. The van der Waals surface area contributed by atoms with Gasteiger partial charge in [0.1, 0.15) is 39.9 Å². The standard InChI is InChI=1S/C19H14B2BrClN6O2/c1-9(18-27-8-29(28-18)19(20,21)30)31-16-13(22)6-12(10-3-2-4-11(23)5-10)15-14(16)17(24)26-7-25-15/h2-9,30H,1H3,(H2,24,25,26). The number of aliphatic hydroxyl groups is 1. The second-order valence-electron chi connectivity index (χ2n) is 6.82. The van der Waals surface area contributed by atoms with Crippen LogP contribution in [0, 0.1) is 0 Å². The van der Waals surface area contributed by atoms with Crippen LogP contribution in [0.2, 0.25) is 5.02 Å². The summed E-state index contributed by atoms with van der Waals surface area (Å²) in [4.78, 5) is 12.6. The number of rotatable bonds is 5. The first-order chi connectivity index (χ1) is 14.6. The van der Waals surface area contributed by atoms with Gasteiger partial charge in [-0.3, -0.25) is 0 Å². The van der Waals surface area contributed by atoms with Gasteiger partial charge in [0.05, 0.1) is 20.9 Å². The van der Waals surface area contributed by atoms with Gasteiger partial charge in [-0.15, -0.1) is 0 Å². The Bertz CT molecular complexity index is 1280. The average molecular weight is 495 g/mol. The zero-order valence-electron chi connectivity index (χ0n) is 16.2. The van der Waals surface area contributed by atoms with Gasteiger partial charge >= 0.3 is 0 Å². The van der Waals surface area contributed by atoms with Crippen molar-refractivity contribution in [3.63, 3.8) is 0 Å². The fraction of sp³-hybridized carbons (Fsp3) is 0.158. The maximum atomic E-state index is 9.68. The number of halogens is 2. The lowest BCUT2D eigenvalue weighted by molar-refractivity contribution is 0.124. The molecule has 0 amide bonds. The number of fused-ring (bicyclic) bond motifs is 1. The number of hydrogen-bond acceptors (Lipinski definition) is 7. The highest BCUT2D eigenvalue weighted by atomic mass is 79.9. The minimum absolute atomic E-state index is 0.244. The van der Waals surface area contributed by atoms with Gasteiger partial charge in [-0.05, 0) is 46.6 Å². The van der Waals surface area contributed by atoms with Crippen LogP contribution in [-0.4, -0.2) is 45.5 Å². The minimum Gasteiger partial charge on any atom is -0.481 e.